The Balaban J connectivity index is 1.81. The van der Waals surface area contributed by atoms with Gasteiger partial charge in [-0.05, 0) is 26.0 Å². The molecule has 104 valence electrons. The minimum atomic E-state index is -0.133. The van der Waals surface area contributed by atoms with E-state index in [0.717, 1.165) is 29.7 Å². The lowest BCUT2D eigenvalue weighted by Gasteiger charge is -2.32. The Kier molecular flexibility index (Phi) is 3.56. The Labute approximate surface area is 117 Å². The fourth-order valence-corrected chi connectivity index (χ4v) is 2.34. The van der Waals surface area contributed by atoms with Crippen LogP contribution in [0.4, 0.5) is 5.95 Å². The molecule has 1 aliphatic heterocycles. The Hall–Kier alpha value is -2.08. The fourth-order valence-electron chi connectivity index (χ4n) is 2.34. The van der Waals surface area contributed by atoms with Gasteiger partial charge in [-0.2, -0.15) is 0 Å². The molecule has 20 heavy (non-hydrogen) atoms. The van der Waals surface area contributed by atoms with Gasteiger partial charge in [0.05, 0.1) is 13.2 Å². The zero-order chi connectivity index (χ0) is 13.9. The molecule has 0 amide bonds. The number of ether oxygens (including phenoxy) is 1. The molecule has 6 nitrogen and oxygen atoms in total. The van der Waals surface area contributed by atoms with Crippen LogP contribution in [0.5, 0.6) is 0 Å². The third kappa shape index (κ3) is 2.75. The first kappa shape index (κ1) is 12.9. The smallest absolute Gasteiger partial charge is 0.225 e. The molecule has 1 atom stereocenters. The van der Waals surface area contributed by atoms with E-state index in [2.05, 4.69) is 24.8 Å². The molecule has 1 saturated heterocycles. The van der Waals surface area contributed by atoms with E-state index < -0.39 is 0 Å². The molecule has 0 saturated carbocycles. The van der Waals surface area contributed by atoms with Crippen LogP contribution in [0.15, 0.2) is 24.5 Å². The van der Waals surface area contributed by atoms with Crippen molar-refractivity contribution in [3.05, 3.63) is 41.7 Å². The zero-order valence-electron chi connectivity index (χ0n) is 11.7. The van der Waals surface area contributed by atoms with Crippen molar-refractivity contribution in [1.82, 2.24) is 19.9 Å². The molecular weight excluding hydrogens is 254 g/mol. The average Bonchev–Trinajstić information content (AvgIpc) is 2.47. The quantitative estimate of drug-likeness (QED) is 0.824. The van der Waals surface area contributed by atoms with Gasteiger partial charge in [0.2, 0.25) is 5.95 Å². The maximum absolute atomic E-state index is 5.80. The SMILES string of the molecule is Cc1cc(C)nc(C2CN(c3ncccn3)CCO2)n1. The Morgan fingerprint density at radius 2 is 1.85 bits per heavy atom. The summed E-state index contributed by atoms with van der Waals surface area (Å²) in [5, 5.41) is 0. The van der Waals surface area contributed by atoms with E-state index in [0.29, 0.717) is 13.2 Å². The molecule has 2 aromatic rings. The normalized spacial score (nSPS) is 19.1. The standard InChI is InChI=1S/C14H17N5O/c1-10-8-11(2)18-13(17-10)12-9-19(6-7-20-12)14-15-4-3-5-16-14/h3-5,8,12H,6-7,9H2,1-2H3. The van der Waals surface area contributed by atoms with Crippen molar-refractivity contribution in [1.29, 1.82) is 0 Å². The molecule has 2 aromatic heterocycles. The lowest BCUT2D eigenvalue weighted by molar-refractivity contribution is 0.0332. The lowest BCUT2D eigenvalue weighted by Crippen LogP contribution is -2.40. The Bertz CT molecular complexity index is 569. The Morgan fingerprint density at radius 3 is 2.55 bits per heavy atom. The molecule has 0 aliphatic carbocycles. The monoisotopic (exact) mass is 271 g/mol. The number of aromatic nitrogens is 4. The van der Waals surface area contributed by atoms with E-state index in [1.807, 2.05) is 26.0 Å². The first-order valence-electron chi connectivity index (χ1n) is 6.68. The highest BCUT2D eigenvalue weighted by Crippen LogP contribution is 2.22. The van der Waals surface area contributed by atoms with E-state index in [1.54, 1.807) is 12.4 Å². The predicted molar refractivity (Wildman–Crippen MR) is 74.4 cm³/mol. The van der Waals surface area contributed by atoms with Crippen molar-refractivity contribution < 1.29 is 4.74 Å². The van der Waals surface area contributed by atoms with Gasteiger partial charge >= 0.3 is 0 Å². The molecule has 0 radical (unpaired) electrons. The number of morpholine rings is 1. The number of hydrogen-bond donors (Lipinski definition) is 0. The summed E-state index contributed by atoms with van der Waals surface area (Å²) in [6.07, 6.45) is 3.37. The molecular formula is C14H17N5O. The summed E-state index contributed by atoms with van der Waals surface area (Å²) in [6.45, 7) is 6.02. The highest BCUT2D eigenvalue weighted by Gasteiger charge is 2.25. The van der Waals surface area contributed by atoms with Gasteiger partial charge in [-0.1, -0.05) is 0 Å². The van der Waals surface area contributed by atoms with E-state index >= 15 is 0 Å². The van der Waals surface area contributed by atoms with Crippen molar-refractivity contribution in [2.24, 2.45) is 0 Å². The highest BCUT2D eigenvalue weighted by atomic mass is 16.5. The second kappa shape index (κ2) is 5.50. The van der Waals surface area contributed by atoms with Crippen LogP contribution in [0.25, 0.3) is 0 Å². The van der Waals surface area contributed by atoms with Crippen molar-refractivity contribution in [2.75, 3.05) is 24.6 Å². The molecule has 3 heterocycles. The molecule has 1 fully saturated rings. The summed E-state index contributed by atoms with van der Waals surface area (Å²) in [5.74, 6) is 1.47. The molecule has 1 unspecified atom stereocenters. The van der Waals surface area contributed by atoms with Gasteiger partial charge < -0.3 is 9.64 Å². The van der Waals surface area contributed by atoms with E-state index in [1.165, 1.54) is 0 Å². The summed E-state index contributed by atoms with van der Waals surface area (Å²) in [4.78, 5) is 19.6. The third-order valence-corrected chi connectivity index (χ3v) is 3.19. The summed E-state index contributed by atoms with van der Waals surface area (Å²) < 4.78 is 5.80. The first-order valence-corrected chi connectivity index (χ1v) is 6.68. The highest BCUT2D eigenvalue weighted by molar-refractivity contribution is 5.30. The minimum Gasteiger partial charge on any atom is -0.367 e. The maximum Gasteiger partial charge on any atom is 0.225 e. The van der Waals surface area contributed by atoms with E-state index in [9.17, 15) is 0 Å². The van der Waals surface area contributed by atoms with Gasteiger partial charge in [0.25, 0.3) is 0 Å². The predicted octanol–water partition coefficient (Wildman–Crippen LogP) is 1.46. The molecule has 0 bridgehead atoms. The third-order valence-electron chi connectivity index (χ3n) is 3.19. The van der Waals surface area contributed by atoms with Gasteiger partial charge in [0, 0.05) is 30.3 Å². The topological polar surface area (TPSA) is 64.0 Å². The van der Waals surface area contributed by atoms with E-state index in [-0.39, 0.29) is 6.10 Å². The fraction of sp³-hybridized carbons (Fsp3) is 0.429. The Morgan fingerprint density at radius 1 is 1.15 bits per heavy atom. The zero-order valence-corrected chi connectivity index (χ0v) is 11.7. The van der Waals surface area contributed by atoms with Crippen LogP contribution in [0.3, 0.4) is 0 Å². The summed E-state index contributed by atoms with van der Waals surface area (Å²) >= 11 is 0. The number of aryl methyl sites for hydroxylation is 2. The first-order chi connectivity index (χ1) is 9.72. The molecule has 3 rings (SSSR count). The number of hydrogen-bond acceptors (Lipinski definition) is 6. The van der Waals surface area contributed by atoms with Crippen molar-refractivity contribution >= 4 is 5.95 Å². The maximum atomic E-state index is 5.80. The van der Waals surface area contributed by atoms with Crippen LogP contribution >= 0.6 is 0 Å². The molecule has 0 spiro atoms. The van der Waals surface area contributed by atoms with Gasteiger partial charge in [-0.25, -0.2) is 19.9 Å². The second-order valence-electron chi connectivity index (χ2n) is 4.86. The van der Waals surface area contributed by atoms with Gasteiger partial charge in [0.15, 0.2) is 5.82 Å². The number of rotatable bonds is 2. The van der Waals surface area contributed by atoms with Crippen LogP contribution in [0.2, 0.25) is 0 Å². The average molecular weight is 271 g/mol. The van der Waals surface area contributed by atoms with Crippen molar-refractivity contribution in [3.63, 3.8) is 0 Å². The molecule has 1 aliphatic rings. The summed E-state index contributed by atoms with van der Waals surface area (Å²) in [6, 6.07) is 3.78. The largest absolute Gasteiger partial charge is 0.367 e. The van der Waals surface area contributed by atoms with Crippen LogP contribution in [0.1, 0.15) is 23.3 Å². The van der Waals surface area contributed by atoms with Gasteiger partial charge in [-0.3, -0.25) is 0 Å². The number of nitrogens with zero attached hydrogens (tertiary/aromatic N) is 5. The minimum absolute atomic E-state index is 0.133. The van der Waals surface area contributed by atoms with Crippen molar-refractivity contribution in [3.8, 4) is 0 Å². The number of anilines is 1. The second-order valence-corrected chi connectivity index (χ2v) is 4.86. The van der Waals surface area contributed by atoms with E-state index in [4.69, 9.17) is 4.74 Å². The van der Waals surface area contributed by atoms with Gasteiger partial charge in [0.1, 0.15) is 6.10 Å². The molecule has 0 aromatic carbocycles. The van der Waals surface area contributed by atoms with Crippen LogP contribution < -0.4 is 4.90 Å². The van der Waals surface area contributed by atoms with Crippen LogP contribution in [-0.4, -0.2) is 39.6 Å². The van der Waals surface area contributed by atoms with Crippen LogP contribution in [0, 0.1) is 13.8 Å². The lowest BCUT2D eigenvalue weighted by atomic mass is 10.2. The van der Waals surface area contributed by atoms with Crippen molar-refractivity contribution in [2.45, 2.75) is 20.0 Å². The summed E-state index contributed by atoms with van der Waals surface area (Å²) in [7, 11) is 0. The molecule has 6 heteroatoms. The van der Waals surface area contributed by atoms with Crippen LogP contribution in [-0.2, 0) is 4.74 Å². The molecule has 0 N–H and O–H groups in total. The summed E-state index contributed by atoms with van der Waals surface area (Å²) in [5.41, 5.74) is 1.92. The van der Waals surface area contributed by atoms with Gasteiger partial charge in [-0.15, -0.1) is 0 Å².